The maximum Gasteiger partial charge on any atom is 0.255 e. The quantitative estimate of drug-likeness (QED) is 0.378. The molecule has 0 aromatic heterocycles. The Balaban J connectivity index is 1.59. The van der Waals surface area contributed by atoms with E-state index in [2.05, 4.69) is 34.6 Å². The number of carbonyl (C=O) groups is 1. The van der Waals surface area contributed by atoms with Gasteiger partial charge in [-0.2, -0.15) is 10.2 Å². The number of carbonyl (C=O) groups excluding carboxylic acids is 1. The molecule has 0 aliphatic carbocycles. The number of nitrogens with two attached hydrogens (primary N) is 1. The molecule has 0 saturated heterocycles. The third kappa shape index (κ3) is 5.51. The predicted molar refractivity (Wildman–Crippen MR) is 114 cm³/mol. The molecular weight excluding hydrogens is 348 g/mol. The van der Waals surface area contributed by atoms with Gasteiger partial charge in [-0.15, -0.1) is 0 Å². The standard InChI is InChI=1S/C23H24N4O/c1-2-3-4-17-5-11-20(12-6-17)25-23(28)18-7-13-21(14-8-18)26-27-22-15-9-19(24)10-16-22/h5-16H,2-4,24H2,1H3,(H,25,28). The number of hydrogen-bond donors (Lipinski definition) is 2. The molecule has 3 rings (SSSR count). The number of aryl methyl sites for hydroxylation is 1. The highest BCUT2D eigenvalue weighted by Gasteiger charge is 2.06. The first-order valence-electron chi connectivity index (χ1n) is 9.41. The lowest BCUT2D eigenvalue weighted by molar-refractivity contribution is 0.102. The normalized spacial score (nSPS) is 10.9. The van der Waals surface area contributed by atoms with Gasteiger partial charge in [0.25, 0.3) is 5.91 Å². The second-order valence-electron chi connectivity index (χ2n) is 6.59. The second-order valence-corrected chi connectivity index (χ2v) is 6.59. The predicted octanol–water partition coefficient (Wildman–Crippen LogP) is 6.28. The van der Waals surface area contributed by atoms with E-state index >= 15 is 0 Å². The fourth-order valence-corrected chi connectivity index (χ4v) is 2.67. The number of unbranched alkanes of at least 4 members (excludes halogenated alkanes) is 1. The highest BCUT2D eigenvalue weighted by Crippen LogP contribution is 2.20. The first-order valence-corrected chi connectivity index (χ1v) is 9.41. The minimum absolute atomic E-state index is 0.150. The lowest BCUT2D eigenvalue weighted by Crippen LogP contribution is -2.11. The molecule has 142 valence electrons. The average molecular weight is 372 g/mol. The van der Waals surface area contributed by atoms with E-state index in [1.165, 1.54) is 18.4 Å². The Bertz CT molecular complexity index is 930. The van der Waals surface area contributed by atoms with Crippen molar-refractivity contribution in [3.05, 3.63) is 83.9 Å². The van der Waals surface area contributed by atoms with Gasteiger partial charge in [-0.05, 0) is 79.1 Å². The maximum atomic E-state index is 12.4. The molecule has 0 aliphatic heterocycles. The smallest absolute Gasteiger partial charge is 0.255 e. The van der Waals surface area contributed by atoms with Crippen LogP contribution in [0.1, 0.15) is 35.7 Å². The van der Waals surface area contributed by atoms with Crippen LogP contribution in [-0.4, -0.2) is 5.91 Å². The van der Waals surface area contributed by atoms with Crippen molar-refractivity contribution < 1.29 is 4.79 Å². The van der Waals surface area contributed by atoms with Gasteiger partial charge in [0, 0.05) is 16.9 Å². The maximum absolute atomic E-state index is 12.4. The molecule has 1 amide bonds. The van der Waals surface area contributed by atoms with Crippen molar-refractivity contribution in [1.82, 2.24) is 0 Å². The third-order valence-electron chi connectivity index (χ3n) is 4.33. The molecule has 28 heavy (non-hydrogen) atoms. The Kier molecular flexibility index (Phi) is 6.52. The van der Waals surface area contributed by atoms with Crippen LogP contribution in [-0.2, 0) is 6.42 Å². The molecule has 3 aromatic carbocycles. The van der Waals surface area contributed by atoms with E-state index in [1.807, 2.05) is 12.1 Å². The Morgan fingerprint density at radius 3 is 2.00 bits per heavy atom. The average Bonchev–Trinajstić information content (AvgIpc) is 2.73. The zero-order valence-corrected chi connectivity index (χ0v) is 15.9. The van der Waals surface area contributed by atoms with Crippen LogP contribution in [0.25, 0.3) is 0 Å². The molecule has 0 aliphatic rings. The van der Waals surface area contributed by atoms with Crippen LogP contribution in [0.15, 0.2) is 83.0 Å². The Labute approximate surface area is 165 Å². The lowest BCUT2D eigenvalue weighted by Gasteiger charge is -2.07. The van der Waals surface area contributed by atoms with E-state index < -0.39 is 0 Å². The molecule has 0 heterocycles. The minimum atomic E-state index is -0.150. The molecule has 0 atom stereocenters. The summed E-state index contributed by atoms with van der Waals surface area (Å²) >= 11 is 0. The van der Waals surface area contributed by atoms with Crippen LogP contribution >= 0.6 is 0 Å². The number of amides is 1. The summed E-state index contributed by atoms with van der Waals surface area (Å²) in [7, 11) is 0. The largest absolute Gasteiger partial charge is 0.399 e. The number of rotatable bonds is 7. The van der Waals surface area contributed by atoms with E-state index in [0.717, 1.165) is 17.8 Å². The fraction of sp³-hybridized carbons (Fsp3) is 0.174. The van der Waals surface area contributed by atoms with E-state index in [4.69, 9.17) is 5.73 Å². The van der Waals surface area contributed by atoms with Crippen molar-refractivity contribution in [3.8, 4) is 0 Å². The SMILES string of the molecule is CCCCc1ccc(NC(=O)c2ccc(N=Nc3ccc(N)cc3)cc2)cc1. The van der Waals surface area contributed by atoms with Crippen LogP contribution in [0.4, 0.5) is 22.7 Å². The molecule has 5 nitrogen and oxygen atoms in total. The first kappa shape index (κ1) is 19.3. The number of nitrogens with one attached hydrogen (secondary N) is 1. The van der Waals surface area contributed by atoms with Gasteiger partial charge in [0.05, 0.1) is 11.4 Å². The van der Waals surface area contributed by atoms with Crippen molar-refractivity contribution >= 4 is 28.7 Å². The van der Waals surface area contributed by atoms with Crippen molar-refractivity contribution in [1.29, 1.82) is 0 Å². The molecule has 0 bridgehead atoms. The van der Waals surface area contributed by atoms with Crippen LogP contribution in [0.5, 0.6) is 0 Å². The lowest BCUT2D eigenvalue weighted by atomic mass is 10.1. The van der Waals surface area contributed by atoms with Gasteiger partial charge in [0.1, 0.15) is 0 Å². The molecule has 5 heteroatoms. The molecule has 0 saturated carbocycles. The van der Waals surface area contributed by atoms with E-state index in [1.54, 1.807) is 48.5 Å². The van der Waals surface area contributed by atoms with E-state index in [9.17, 15) is 4.79 Å². The van der Waals surface area contributed by atoms with Crippen LogP contribution in [0.2, 0.25) is 0 Å². The van der Waals surface area contributed by atoms with Crippen molar-refractivity contribution in [2.45, 2.75) is 26.2 Å². The van der Waals surface area contributed by atoms with Crippen LogP contribution in [0.3, 0.4) is 0 Å². The highest BCUT2D eigenvalue weighted by atomic mass is 16.1. The Morgan fingerprint density at radius 2 is 1.43 bits per heavy atom. The molecule has 0 radical (unpaired) electrons. The van der Waals surface area contributed by atoms with Gasteiger partial charge < -0.3 is 11.1 Å². The summed E-state index contributed by atoms with van der Waals surface area (Å²) < 4.78 is 0. The molecule has 3 aromatic rings. The van der Waals surface area contributed by atoms with E-state index in [-0.39, 0.29) is 5.91 Å². The fourth-order valence-electron chi connectivity index (χ4n) is 2.67. The highest BCUT2D eigenvalue weighted by molar-refractivity contribution is 6.04. The van der Waals surface area contributed by atoms with E-state index in [0.29, 0.717) is 16.9 Å². The molecular formula is C23H24N4O. The second kappa shape index (κ2) is 9.46. The number of nitrogens with zero attached hydrogens (tertiary/aromatic N) is 2. The number of azo groups is 1. The van der Waals surface area contributed by atoms with Gasteiger partial charge in [-0.1, -0.05) is 25.5 Å². The Hall–Kier alpha value is -3.47. The Morgan fingerprint density at radius 1 is 0.857 bits per heavy atom. The zero-order valence-electron chi connectivity index (χ0n) is 15.9. The van der Waals surface area contributed by atoms with Gasteiger partial charge in [0.15, 0.2) is 0 Å². The molecule has 3 N–H and O–H groups in total. The summed E-state index contributed by atoms with van der Waals surface area (Å²) in [5, 5.41) is 11.3. The summed E-state index contributed by atoms with van der Waals surface area (Å²) in [6.45, 7) is 2.18. The van der Waals surface area contributed by atoms with Gasteiger partial charge >= 0.3 is 0 Å². The topological polar surface area (TPSA) is 79.8 Å². The summed E-state index contributed by atoms with van der Waals surface area (Å²) in [5.74, 6) is -0.150. The van der Waals surface area contributed by atoms with Crippen LogP contribution < -0.4 is 11.1 Å². The van der Waals surface area contributed by atoms with Gasteiger partial charge in [-0.25, -0.2) is 0 Å². The van der Waals surface area contributed by atoms with Crippen LogP contribution in [0, 0.1) is 0 Å². The third-order valence-corrected chi connectivity index (χ3v) is 4.33. The zero-order chi connectivity index (χ0) is 19.8. The summed E-state index contributed by atoms with van der Waals surface area (Å²) in [6.07, 6.45) is 3.42. The summed E-state index contributed by atoms with van der Waals surface area (Å²) in [6, 6.07) is 22.2. The molecule has 0 unspecified atom stereocenters. The van der Waals surface area contributed by atoms with Crippen molar-refractivity contribution in [3.63, 3.8) is 0 Å². The van der Waals surface area contributed by atoms with Gasteiger partial charge in [-0.3, -0.25) is 4.79 Å². The van der Waals surface area contributed by atoms with Crippen molar-refractivity contribution in [2.24, 2.45) is 10.2 Å². The van der Waals surface area contributed by atoms with Gasteiger partial charge in [0.2, 0.25) is 0 Å². The molecule has 0 fully saturated rings. The number of benzene rings is 3. The number of anilines is 2. The summed E-state index contributed by atoms with van der Waals surface area (Å²) in [5.41, 5.74) is 10.4. The summed E-state index contributed by atoms with van der Waals surface area (Å²) in [4.78, 5) is 12.4. The first-order chi connectivity index (χ1) is 13.6. The monoisotopic (exact) mass is 372 g/mol. The minimum Gasteiger partial charge on any atom is -0.399 e. The number of hydrogen-bond acceptors (Lipinski definition) is 4. The molecule has 0 spiro atoms. The van der Waals surface area contributed by atoms with Crippen molar-refractivity contribution in [2.75, 3.05) is 11.1 Å². The number of nitrogen functional groups attached to an aromatic ring is 1.